The molecule has 10 heteroatoms. The zero-order valence-corrected chi connectivity index (χ0v) is 15.8. The minimum atomic E-state index is -3.35. The van der Waals surface area contributed by atoms with Crippen molar-refractivity contribution in [1.82, 2.24) is 22.7 Å². The summed E-state index contributed by atoms with van der Waals surface area (Å²) in [6.45, 7) is 1.51. The minimum absolute atomic E-state index is 0.141. The van der Waals surface area contributed by atoms with Crippen LogP contribution in [0.25, 0.3) is 11.0 Å². The van der Waals surface area contributed by atoms with Gasteiger partial charge in [0.1, 0.15) is 11.0 Å². The van der Waals surface area contributed by atoms with Crippen molar-refractivity contribution in [3.05, 3.63) is 23.8 Å². The van der Waals surface area contributed by atoms with Crippen LogP contribution in [0.1, 0.15) is 23.2 Å². The van der Waals surface area contributed by atoms with Gasteiger partial charge in [-0.1, -0.05) is 0 Å². The lowest BCUT2D eigenvalue weighted by Gasteiger charge is -2.32. The molecule has 1 saturated heterocycles. The number of amides is 1. The molecule has 136 valence electrons. The molecule has 0 unspecified atom stereocenters. The van der Waals surface area contributed by atoms with Crippen molar-refractivity contribution >= 4 is 38.9 Å². The third kappa shape index (κ3) is 3.97. The zero-order valence-electron chi connectivity index (χ0n) is 14.2. The summed E-state index contributed by atoms with van der Waals surface area (Å²) in [5.41, 5.74) is 2.07. The lowest BCUT2D eigenvalue weighted by Crippen LogP contribution is -2.45. The van der Waals surface area contributed by atoms with Crippen LogP contribution in [-0.2, 0) is 10.2 Å². The third-order valence-corrected chi connectivity index (χ3v) is 6.93. The summed E-state index contributed by atoms with van der Waals surface area (Å²) >= 11 is 1.12. The summed E-state index contributed by atoms with van der Waals surface area (Å²) < 4.78 is 35.2. The van der Waals surface area contributed by atoms with E-state index in [9.17, 15) is 13.2 Å². The topological polar surface area (TPSA) is 95.5 Å². The van der Waals surface area contributed by atoms with Crippen LogP contribution >= 0.6 is 11.7 Å². The van der Waals surface area contributed by atoms with Crippen molar-refractivity contribution in [3.63, 3.8) is 0 Å². The molecular weight excluding hydrogens is 362 g/mol. The molecule has 1 fully saturated rings. The summed E-state index contributed by atoms with van der Waals surface area (Å²) in [6, 6.07) is 5.27. The Morgan fingerprint density at radius 3 is 2.64 bits per heavy atom. The average Bonchev–Trinajstić information content (AvgIpc) is 3.07. The molecular formula is C15H21N5O3S2. The van der Waals surface area contributed by atoms with E-state index in [1.54, 1.807) is 18.2 Å². The van der Waals surface area contributed by atoms with Crippen LogP contribution in [-0.4, -0.2) is 65.4 Å². The van der Waals surface area contributed by atoms with Gasteiger partial charge < -0.3 is 5.32 Å². The number of piperidine rings is 1. The lowest BCUT2D eigenvalue weighted by molar-refractivity contribution is 0.0941. The van der Waals surface area contributed by atoms with E-state index in [2.05, 4.69) is 14.1 Å². The number of rotatable bonds is 5. The van der Waals surface area contributed by atoms with Gasteiger partial charge in [-0.3, -0.25) is 4.79 Å². The molecule has 1 aliphatic heterocycles. The normalized spacial score (nSPS) is 17.2. The fourth-order valence-electron chi connectivity index (χ4n) is 2.84. The van der Waals surface area contributed by atoms with Crippen LogP contribution < -0.4 is 5.32 Å². The number of nitrogens with zero attached hydrogens (tertiary/aromatic N) is 4. The van der Waals surface area contributed by atoms with Crippen molar-refractivity contribution < 1.29 is 13.2 Å². The standard InChI is InChI=1S/C15H21N5O3S2/c1-19(2)25(22,23)20-7-5-11(6-8-20)10-16-15(21)12-3-4-13-14(9-12)18-24-17-13/h3-4,9,11H,5-8,10H2,1-2H3,(H,16,21). The van der Waals surface area contributed by atoms with Gasteiger partial charge in [0.15, 0.2) is 0 Å². The Balaban J connectivity index is 1.52. The van der Waals surface area contributed by atoms with Gasteiger partial charge in [-0.05, 0) is 37.0 Å². The molecule has 1 aromatic carbocycles. The SMILES string of the molecule is CN(C)S(=O)(=O)N1CCC(CNC(=O)c2ccc3nsnc3c2)CC1. The van der Waals surface area contributed by atoms with E-state index in [-0.39, 0.29) is 11.8 Å². The molecule has 0 radical (unpaired) electrons. The van der Waals surface area contributed by atoms with Gasteiger partial charge in [0.25, 0.3) is 16.1 Å². The maximum atomic E-state index is 12.3. The Hall–Kier alpha value is -1.62. The highest BCUT2D eigenvalue weighted by molar-refractivity contribution is 7.86. The van der Waals surface area contributed by atoms with Crippen molar-refractivity contribution in [1.29, 1.82) is 0 Å². The molecule has 3 rings (SSSR count). The second kappa shape index (κ2) is 7.32. The Labute approximate surface area is 151 Å². The molecule has 0 atom stereocenters. The van der Waals surface area contributed by atoms with Gasteiger partial charge in [-0.15, -0.1) is 0 Å². The van der Waals surface area contributed by atoms with Gasteiger partial charge >= 0.3 is 0 Å². The lowest BCUT2D eigenvalue weighted by atomic mass is 9.98. The van der Waals surface area contributed by atoms with Crippen molar-refractivity contribution in [2.45, 2.75) is 12.8 Å². The highest BCUT2D eigenvalue weighted by Gasteiger charge is 2.29. The minimum Gasteiger partial charge on any atom is -0.352 e. The fourth-order valence-corrected chi connectivity index (χ4v) is 4.49. The molecule has 25 heavy (non-hydrogen) atoms. The second-order valence-electron chi connectivity index (χ2n) is 6.31. The van der Waals surface area contributed by atoms with Gasteiger partial charge in [-0.2, -0.15) is 25.8 Å². The Morgan fingerprint density at radius 1 is 1.28 bits per heavy atom. The van der Waals surface area contributed by atoms with Crippen LogP contribution in [0.5, 0.6) is 0 Å². The van der Waals surface area contributed by atoms with E-state index in [1.165, 1.54) is 22.7 Å². The molecule has 0 bridgehead atoms. The quantitative estimate of drug-likeness (QED) is 0.829. The first kappa shape index (κ1) is 18.2. The predicted octanol–water partition coefficient (Wildman–Crippen LogP) is 0.940. The Morgan fingerprint density at radius 2 is 1.96 bits per heavy atom. The van der Waals surface area contributed by atoms with E-state index in [1.807, 2.05) is 0 Å². The van der Waals surface area contributed by atoms with E-state index >= 15 is 0 Å². The molecule has 2 aromatic rings. The molecule has 2 heterocycles. The Bertz CT molecular complexity index is 857. The van der Waals surface area contributed by atoms with Crippen LogP contribution in [0.2, 0.25) is 0 Å². The summed E-state index contributed by atoms with van der Waals surface area (Å²) in [6.07, 6.45) is 1.48. The summed E-state index contributed by atoms with van der Waals surface area (Å²) in [7, 11) is -0.269. The van der Waals surface area contributed by atoms with Gasteiger partial charge in [0.2, 0.25) is 0 Å². The predicted molar refractivity (Wildman–Crippen MR) is 96.7 cm³/mol. The molecule has 1 aromatic heterocycles. The zero-order chi connectivity index (χ0) is 18.0. The van der Waals surface area contributed by atoms with Crippen LogP contribution in [0.4, 0.5) is 0 Å². The molecule has 0 saturated carbocycles. The maximum absolute atomic E-state index is 12.3. The molecule has 8 nitrogen and oxygen atoms in total. The Kier molecular flexibility index (Phi) is 5.32. The number of hydrogen-bond donors (Lipinski definition) is 1. The number of aromatic nitrogens is 2. The van der Waals surface area contributed by atoms with Gasteiger partial charge in [-0.25, -0.2) is 0 Å². The number of nitrogens with one attached hydrogen (secondary N) is 1. The molecule has 1 N–H and O–H groups in total. The largest absolute Gasteiger partial charge is 0.352 e. The number of benzene rings is 1. The smallest absolute Gasteiger partial charge is 0.281 e. The van der Waals surface area contributed by atoms with E-state index < -0.39 is 10.2 Å². The van der Waals surface area contributed by atoms with E-state index in [4.69, 9.17) is 0 Å². The third-order valence-electron chi connectivity index (χ3n) is 4.43. The molecule has 0 aliphatic carbocycles. The molecule has 1 amide bonds. The number of carbonyl (C=O) groups excluding carboxylic acids is 1. The highest BCUT2D eigenvalue weighted by Crippen LogP contribution is 2.20. The monoisotopic (exact) mass is 383 g/mol. The summed E-state index contributed by atoms with van der Waals surface area (Å²) in [4.78, 5) is 12.3. The highest BCUT2D eigenvalue weighted by atomic mass is 32.2. The average molecular weight is 383 g/mol. The number of fused-ring (bicyclic) bond motifs is 1. The first-order chi connectivity index (χ1) is 11.9. The number of hydrogen-bond acceptors (Lipinski definition) is 6. The molecule has 0 spiro atoms. The van der Waals surface area contributed by atoms with E-state index in [0.717, 1.165) is 35.6 Å². The fraction of sp³-hybridized carbons (Fsp3) is 0.533. The van der Waals surface area contributed by atoms with Gasteiger partial charge in [0, 0.05) is 39.3 Å². The van der Waals surface area contributed by atoms with Crippen LogP contribution in [0, 0.1) is 5.92 Å². The van der Waals surface area contributed by atoms with Crippen molar-refractivity contribution in [3.8, 4) is 0 Å². The van der Waals surface area contributed by atoms with Crippen molar-refractivity contribution in [2.24, 2.45) is 5.92 Å². The second-order valence-corrected chi connectivity index (χ2v) is 8.98. The number of carbonyl (C=O) groups is 1. The summed E-state index contributed by atoms with van der Waals surface area (Å²) in [5.74, 6) is 0.139. The summed E-state index contributed by atoms with van der Waals surface area (Å²) in [5, 5.41) is 2.94. The van der Waals surface area contributed by atoms with E-state index in [0.29, 0.717) is 25.2 Å². The first-order valence-corrected chi connectivity index (χ1v) is 10.2. The van der Waals surface area contributed by atoms with Crippen LogP contribution in [0.15, 0.2) is 18.2 Å². The van der Waals surface area contributed by atoms with Crippen LogP contribution in [0.3, 0.4) is 0 Å². The van der Waals surface area contributed by atoms with Crippen molar-refractivity contribution in [2.75, 3.05) is 33.7 Å². The first-order valence-electron chi connectivity index (χ1n) is 8.06. The van der Waals surface area contributed by atoms with Gasteiger partial charge in [0.05, 0.1) is 11.7 Å². The molecule has 1 aliphatic rings. The maximum Gasteiger partial charge on any atom is 0.281 e.